The predicted octanol–water partition coefficient (Wildman–Crippen LogP) is 1.87. The van der Waals surface area contributed by atoms with Crippen molar-refractivity contribution in [3.63, 3.8) is 0 Å². The van der Waals surface area contributed by atoms with Crippen LogP contribution in [0.5, 0.6) is 5.75 Å². The van der Waals surface area contributed by atoms with Crippen LogP contribution in [-0.4, -0.2) is 22.9 Å². The number of rotatable bonds is 4. The molecule has 5 rings (SSSR count). The van der Waals surface area contributed by atoms with Gasteiger partial charge in [-0.15, -0.1) is 0 Å². The summed E-state index contributed by atoms with van der Waals surface area (Å²) < 4.78 is 10.7. The largest absolute Gasteiger partial charge is 0.494 e. The fraction of sp³-hybridized carbons (Fsp3) is 0.120. The number of carbonyl (C=O) groups excluding carboxylic acids is 1. The third kappa shape index (κ3) is 3.22. The molecule has 1 aliphatic heterocycles. The molecule has 0 radical (unpaired) electrons. The second-order valence-electron chi connectivity index (χ2n) is 7.55. The Balaban J connectivity index is 1.78. The number of aromatic nitrogens is 2. The van der Waals surface area contributed by atoms with Crippen LogP contribution in [0.15, 0.2) is 64.4 Å². The summed E-state index contributed by atoms with van der Waals surface area (Å²) in [7, 11) is 1.63. The molecule has 0 saturated carbocycles. The van der Waals surface area contributed by atoms with E-state index < -0.39 is 0 Å². The molecule has 6 nitrogen and oxygen atoms in total. The van der Waals surface area contributed by atoms with Gasteiger partial charge in [-0.3, -0.25) is 4.79 Å². The van der Waals surface area contributed by atoms with Gasteiger partial charge in [-0.25, -0.2) is 4.99 Å². The molecule has 3 aromatic heterocycles. The Morgan fingerprint density at radius 1 is 1.13 bits per heavy atom. The molecular formula is C25H21N3O3. The third-order valence-corrected chi connectivity index (χ3v) is 5.42. The van der Waals surface area contributed by atoms with Gasteiger partial charge in [0.15, 0.2) is 5.78 Å². The van der Waals surface area contributed by atoms with E-state index in [0.29, 0.717) is 27.9 Å². The predicted molar refractivity (Wildman–Crippen MR) is 118 cm³/mol. The molecule has 0 bridgehead atoms. The first kappa shape index (κ1) is 18.9. The fourth-order valence-electron chi connectivity index (χ4n) is 3.95. The molecule has 0 spiro atoms. The van der Waals surface area contributed by atoms with Gasteiger partial charge < -0.3 is 19.1 Å². The van der Waals surface area contributed by atoms with E-state index in [-0.39, 0.29) is 5.78 Å². The zero-order chi connectivity index (χ0) is 21.5. The molecule has 2 N–H and O–H groups in total. The summed E-state index contributed by atoms with van der Waals surface area (Å²) in [5, 5.41) is 3.08. The quantitative estimate of drug-likeness (QED) is 0.503. The van der Waals surface area contributed by atoms with Crippen LogP contribution in [0.1, 0.15) is 27.3 Å². The molecule has 4 aromatic rings. The lowest BCUT2D eigenvalue weighted by molar-refractivity contribution is 0.105. The summed E-state index contributed by atoms with van der Waals surface area (Å²) >= 11 is 0. The van der Waals surface area contributed by atoms with Gasteiger partial charge in [0.25, 0.3) is 0 Å². The van der Waals surface area contributed by atoms with E-state index in [1.54, 1.807) is 13.2 Å². The summed E-state index contributed by atoms with van der Waals surface area (Å²) in [4.78, 5) is 24.8. The SMILES string of the molecule is COc1c/c(=C2/N=c3ccccc3=C2C(=O)c2ccoc2)[nH]/c1=C\c1[nH]c(C)cc1C. The van der Waals surface area contributed by atoms with E-state index in [1.165, 1.54) is 12.5 Å². The number of Topliss-reactive ketones (excluding diaryl/α,β-unsaturated/α-hetero) is 1. The average Bonchev–Trinajstić information content (AvgIpc) is 3.53. The average molecular weight is 411 g/mol. The van der Waals surface area contributed by atoms with Crippen molar-refractivity contribution in [2.75, 3.05) is 7.11 Å². The number of ether oxygens (including phenoxy) is 1. The highest BCUT2D eigenvalue weighted by atomic mass is 16.5. The summed E-state index contributed by atoms with van der Waals surface area (Å²) in [6, 6.07) is 13.3. The number of methoxy groups -OCH3 is 1. The molecule has 0 fully saturated rings. The van der Waals surface area contributed by atoms with E-state index in [9.17, 15) is 4.79 Å². The van der Waals surface area contributed by atoms with E-state index in [4.69, 9.17) is 14.1 Å². The van der Waals surface area contributed by atoms with E-state index >= 15 is 0 Å². The number of ketones is 1. The Kier molecular flexibility index (Phi) is 4.47. The number of nitrogens with zero attached hydrogens (tertiary/aromatic N) is 1. The smallest absolute Gasteiger partial charge is 0.199 e. The first-order valence-corrected chi connectivity index (χ1v) is 9.96. The number of hydrogen-bond donors (Lipinski definition) is 2. The van der Waals surface area contributed by atoms with Gasteiger partial charge in [0, 0.05) is 22.7 Å². The summed E-state index contributed by atoms with van der Waals surface area (Å²) in [5.74, 6) is 0.544. The molecule has 0 atom stereocenters. The lowest BCUT2D eigenvalue weighted by Crippen LogP contribution is -2.24. The number of aromatic amines is 2. The zero-order valence-corrected chi connectivity index (χ0v) is 17.4. The molecule has 0 aliphatic carbocycles. The molecule has 1 aliphatic rings. The molecule has 6 heteroatoms. The highest BCUT2D eigenvalue weighted by molar-refractivity contribution is 6.35. The van der Waals surface area contributed by atoms with Crippen LogP contribution in [0.2, 0.25) is 0 Å². The van der Waals surface area contributed by atoms with Crippen molar-refractivity contribution in [3.8, 4) is 5.75 Å². The topological polar surface area (TPSA) is 83.4 Å². The van der Waals surface area contributed by atoms with E-state index in [1.807, 2.05) is 43.3 Å². The summed E-state index contributed by atoms with van der Waals surface area (Å²) in [5.41, 5.74) is 4.85. The molecule has 0 unspecified atom stereocenters. The summed E-state index contributed by atoms with van der Waals surface area (Å²) in [6.45, 7) is 4.08. The molecule has 31 heavy (non-hydrogen) atoms. The van der Waals surface area contributed by atoms with Crippen LogP contribution >= 0.6 is 0 Å². The molecule has 4 heterocycles. The second kappa shape index (κ2) is 7.32. The Morgan fingerprint density at radius 3 is 2.68 bits per heavy atom. The van der Waals surface area contributed by atoms with Crippen LogP contribution in [0.3, 0.4) is 0 Å². The normalized spacial score (nSPS) is 15.2. The van der Waals surface area contributed by atoms with E-state index in [0.717, 1.165) is 32.9 Å². The minimum Gasteiger partial charge on any atom is -0.494 e. The third-order valence-electron chi connectivity index (χ3n) is 5.42. The van der Waals surface area contributed by atoms with Gasteiger partial charge in [-0.2, -0.15) is 0 Å². The molecular weight excluding hydrogens is 390 g/mol. The number of aryl methyl sites for hydroxylation is 2. The zero-order valence-electron chi connectivity index (χ0n) is 17.4. The van der Waals surface area contributed by atoms with Gasteiger partial charge in [-0.05, 0) is 43.7 Å². The Hall–Kier alpha value is -4.06. The van der Waals surface area contributed by atoms with Crippen LogP contribution in [0, 0.1) is 13.8 Å². The highest BCUT2D eigenvalue weighted by Gasteiger charge is 2.23. The van der Waals surface area contributed by atoms with Crippen molar-refractivity contribution in [3.05, 3.63) is 98.8 Å². The molecule has 154 valence electrons. The Bertz CT molecular complexity index is 1550. The number of fused-ring (bicyclic) bond motifs is 1. The minimum atomic E-state index is -0.132. The maximum Gasteiger partial charge on any atom is 0.199 e. The van der Waals surface area contributed by atoms with Crippen molar-refractivity contribution in [2.24, 2.45) is 4.99 Å². The Morgan fingerprint density at radius 2 is 1.97 bits per heavy atom. The van der Waals surface area contributed by atoms with Gasteiger partial charge in [-0.1, -0.05) is 18.2 Å². The number of furan rings is 1. The second-order valence-corrected chi connectivity index (χ2v) is 7.55. The van der Waals surface area contributed by atoms with Gasteiger partial charge in [0.2, 0.25) is 0 Å². The van der Waals surface area contributed by atoms with E-state index in [2.05, 4.69) is 23.0 Å². The number of nitrogens with one attached hydrogen (secondary N) is 2. The molecule has 1 aromatic carbocycles. The van der Waals surface area contributed by atoms with Crippen LogP contribution in [0.25, 0.3) is 17.3 Å². The number of para-hydroxylation sites is 1. The lowest BCUT2D eigenvalue weighted by Gasteiger charge is -2.01. The van der Waals surface area contributed by atoms with Crippen molar-refractivity contribution < 1.29 is 13.9 Å². The van der Waals surface area contributed by atoms with Crippen LogP contribution < -0.4 is 26.0 Å². The fourth-order valence-corrected chi connectivity index (χ4v) is 3.95. The maximum atomic E-state index is 13.3. The van der Waals surface area contributed by atoms with Crippen LogP contribution in [0.4, 0.5) is 0 Å². The van der Waals surface area contributed by atoms with Gasteiger partial charge in [0.05, 0.1) is 46.3 Å². The maximum absolute atomic E-state index is 13.3. The first-order valence-electron chi connectivity index (χ1n) is 9.96. The van der Waals surface area contributed by atoms with Crippen LogP contribution in [-0.2, 0) is 0 Å². The number of H-pyrrole nitrogens is 2. The number of hydrogen-bond acceptors (Lipinski definition) is 4. The monoisotopic (exact) mass is 411 g/mol. The molecule has 0 saturated heterocycles. The van der Waals surface area contributed by atoms with Crippen molar-refractivity contribution in [1.82, 2.24) is 9.97 Å². The van der Waals surface area contributed by atoms with Gasteiger partial charge in [0.1, 0.15) is 12.0 Å². The molecule has 0 amide bonds. The highest BCUT2D eigenvalue weighted by Crippen LogP contribution is 2.20. The number of carbonyl (C=O) groups is 1. The number of benzene rings is 1. The minimum absolute atomic E-state index is 0.132. The van der Waals surface area contributed by atoms with Gasteiger partial charge >= 0.3 is 0 Å². The Labute approximate surface area is 177 Å². The van der Waals surface area contributed by atoms with Crippen molar-refractivity contribution >= 4 is 23.1 Å². The lowest BCUT2D eigenvalue weighted by atomic mass is 10.0. The van der Waals surface area contributed by atoms with Crippen molar-refractivity contribution in [1.29, 1.82) is 0 Å². The van der Waals surface area contributed by atoms with Crippen molar-refractivity contribution in [2.45, 2.75) is 13.8 Å². The standard InChI is InChI=1S/C25H21N3O3/c1-14-10-15(2)26-19(14)11-20-22(30-3)12-21(27-20)24-23(25(29)16-8-9-31-13-16)17-6-4-5-7-18(17)28-24/h4-13,26-27H,1-3H3/b20-11-,24-21-. The first-order chi connectivity index (χ1) is 15.0. The summed E-state index contributed by atoms with van der Waals surface area (Å²) in [6.07, 6.45) is 4.96.